The number of rotatable bonds is 6. The number of nitrogens with one attached hydrogen (secondary N) is 1. The highest BCUT2D eigenvalue weighted by atomic mass is 35.5. The van der Waals surface area contributed by atoms with Gasteiger partial charge < -0.3 is 4.74 Å². The van der Waals surface area contributed by atoms with Gasteiger partial charge in [0.05, 0.1) is 5.75 Å². The van der Waals surface area contributed by atoms with Gasteiger partial charge in [-0.05, 0) is 36.1 Å². The molecule has 6 heteroatoms. The molecule has 4 nitrogen and oxygen atoms in total. The second kappa shape index (κ2) is 7.87. The van der Waals surface area contributed by atoms with Crippen molar-refractivity contribution in [3.63, 3.8) is 0 Å². The van der Waals surface area contributed by atoms with Gasteiger partial charge in [0, 0.05) is 30.2 Å². The molecule has 0 radical (unpaired) electrons. The Morgan fingerprint density at radius 1 is 1.04 bits per heavy atom. The van der Waals surface area contributed by atoms with Gasteiger partial charge in [-0.25, -0.2) is 13.1 Å². The number of sulfonamides is 1. The molecule has 0 spiro atoms. The summed E-state index contributed by atoms with van der Waals surface area (Å²) >= 11 is 5.95. The Morgan fingerprint density at radius 2 is 1.76 bits per heavy atom. The summed E-state index contributed by atoms with van der Waals surface area (Å²) < 4.78 is 33.4. The Bertz CT molecular complexity index is 802. The van der Waals surface area contributed by atoms with Crippen LogP contribution in [0.15, 0.2) is 54.6 Å². The first-order valence-corrected chi connectivity index (χ1v) is 10.4. The standard InChI is InChI=1S/C19H22ClNO3S/c20-18-8-4-5-16(13-18)14-25(22,23)21-15-19(9-11-24-12-10-19)17-6-2-1-3-7-17/h1-8,13,21H,9-12,14-15H2. The lowest BCUT2D eigenvalue weighted by atomic mass is 9.74. The van der Waals surface area contributed by atoms with Crippen LogP contribution in [0.1, 0.15) is 24.0 Å². The van der Waals surface area contributed by atoms with Crippen molar-refractivity contribution in [3.8, 4) is 0 Å². The van der Waals surface area contributed by atoms with E-state index in [4.69, 9.17) is 16.3 Å². The van der Waals surface area contributed by atoms with Crippen LogP contribution in [-0.4, -0.2) is 28.2 Å². The molecule has 0 amide bonds. The van der Waals surface area contributed by atoms with Gasteiger partial charge in [0.25, 0.3) is 0 Å². The summed E-state index contributed by atoms with van der Waals surface area (Å²) in [7, 11) is -3.45. The smallest absolute Gasteiger partial charge is 0.215 e. The van der Waals surface area contributed by atoms with Crippen LogP contribution in [0.5, 0.6) is 0 Å². The molecule has 1 heterocycles. The monoisotopic (exact) mass is 379 g/mol. The molecule has 2 aromatic rings. The first-order valence-electron chi connectivity index (χ1n) is 8.34. The van der Waals surface area contributed by atoms with Crippen LogP contribution in [0.4, 0.5) is 0 Å². The number of ether oxygens (including phenoxy) is 1. The highest BCUT2D eigenvalue weighted by molar-refractivity contribution is 7.88. The molecule has 1 saturated heterocycles. The molecule has 3 rings (SSSR count). The van der Waals surface area contributed by atoms with Crippen LogP contribution in [0, 0.1) is 0 Å². The fraction of sp³-hybridized carbons (Fsp3) is 0.368. The van der Waals surface area contributed by atoms with E-state index in [1.807, 2.05) is 18.2 Å². The van der Waals surface area contributed by atoms with Crippen LogP contribution in [0.25, 0.3) is 0 Å². The van der Waals surface area contributed by atoms with Crippen LogP contribution >= 0.6 is 11.6 Å². The average Bonchev–Trinajstić information content (AvgIpc) is 2.61. The van der Waals surface area contributed by atoms with E-state index in [-0.39, 0.29) is 11.2 Å². The minimum atomic E-state index is -3.45. The predicted molar refractivity (Wildman–Crippen MR) is 100 cm³/mol. The zero-order valence-electron chi connectivity index (χ0n) is 13.9. The molecule has 1 aliphatic rings. The minimum Gasteiger partial charge on any atom is -0.381 e. The van der Waals surface area contributed by atoms with Crippen molar-refractivity contribution in [2.75, 3.05) is 19.8 Å². The van der Waals surface area contributed by atoms with Gasteiger partial charge in [-0.15, -0.1) is 0 Å². The van der Waals surface area contributed by atoms with Gasteiger partial charge in [0.2, 0.25) is 10.0 Å². The lowest BCUT2D eigenvalue weighted by molar-refractivity contribution is 0.0517. The maximum atomic E-state index is 12.5. The minimum absolute atomic E-state index is 0.0745. The molecule has 1 N–H and O–H groups in total. The van der Waals surface area contributed by atoms with Crippen molar-refractivity contribution >= 4 is 21.6 Å². The zero-order valence-corrected chi connectivity index (χ0v) is 15.5. The van der Waals surface area contributed by atoms with Crippen LogP contribution in [0.3, 0.4) is 0 Å². The summed E-state index contributed by atoms with van der Waals surface area (Å²) in [5, 5.41) is 0.540. The number of hydrogen-bond acceptors (Lipinski definition) is 3. The van der Waals surface area contributed by atoms with E-state index in [0.29, 0.717) is 30.3 Å². The Morgan fingerprint density at radius 3 is 2.44 bits per heavy atom. The van der Waals surface area contributed by atoms with E-state index in [2.05, 4.69) is 16.9 Å². The van der Waals surface area contributed by atoms with Gasteiger partial charge in [0.1, 0.15) is 0 Å². The van der Waals surface area contributed by atoms with Gasteiger partial charge in [-0.2, -0.15) is 0 Å². The molecule has 0 saturated carbocycles. The molecule has 1 aliphatic heterocycles. The molecule has 0 aromatic heterocycles. The average molecular weight is 380 g/mol. The largest absolute Gasteiger partial charge is 0.381 e. The maximum Gasteiger partial charge on any atom is 0.215 e. The fourth-order valence-corrected chi connectivity index (χ4v) is 4.70. The summed E-state index contributed by atoms with van der Waals surface area (Å²) in [6, 6.07) is 17.0. The second-order valence-electron chi connectivity index (χ2n) is 6.47. The lowest BCUT2D eigenvalue weighted by Crippen LogP contribution is -2.44. The summed E-state index contributed by atoms with van der Waals surface area (Å²) in [6.45, 7) is 1.67. The Hall–Kier alpha value is -1.40. The van der Waals surface area contributed by atoms with E-state index in [9.17, 15) is 8.42 Å². The van der Waals surface area contributed by atoms with Gasteiger partial charge in [0.15, 0.2) is 0 Å². The summed E-state index contributed by atoms with van der Waals surface area (Å²) in [5.74, 6) is -0.0745. The molecule has 0 aliphatic carbocycles. The first-order chi connectivity index (χ1) is 12.0. The summed E-state index contributed by atoms with van der Waals surface area (Å²) in [6.07, 6.45) is 1.60. The van der Waals surface area contributed by atoms with Crippen molar-refractivity contribution < 1.29 is 13.2 Å². The Kier molecular flexibility index (Phi) is 5.79. The maximum absolute atomic E-state index is 12.5. The molecule has 0 unspecified atom stereocenters. The Balaban J connectivity index is 1.74. The number of halogens is 1. The Labute approximate surface area is 154 Å². The molecule has 0 bridgehead atoms. The van der Waals surface area contributed by atoms with Crippen LogP contribution in [-0.2, 0) is 25.9 Å². The van der Waals surface area contributed by atoms with Crippen LogP contribution < -0.4 is 4.72 Å². The zero-order chi connectivity index (χ0) is 17.8. The fourth-order valence-electron chi connectivity index (χ4n) is 3.27. The van der Waals surface area contributed by atoms with E-state index in [1.165, 1.54) is 0 Å². The molecule has 2 aromatic carbocycles. The van der Waals surface area contributed by atoms with Crippen molar-refractivity contribution in [3.05, 3.63) is 70.7 Å². The second-order valence-corrected chi connectivity index (χ2v) is 8.71. The summed E-state index contributed by atoms with van der Waals surface area (Å²) in [5.41, 5.74) is 1.62. The topological polar surface area (TPSA) is 55.4 Å². The third kappa shape index (κ3) is 4.82. The third-order valence-corrected chi connectivity index (χ3v) is 6.24. The highest BCUT2D eigenvalue weighted by Crippen LogP contribution is 2.34. The van der Waals surface area contributed by atoms with E-state index < -0.39 is 10.0 Å². The van der Waals surface area contributed by atoms with Crippen molar-refractivity contribution in [1.29, 1.82) is 0 Å². The van der Waals surface area contributed by atoms with E-state index >= 15 is 0 Å². The highest BCUT2D eigenvalue weighted by Gasteiger charge is 2.35. The first kappa shape index (κ1) is 18.4. The SMILES string of the molecule is O=S(=O)(Cc1cccc(Cl)c1)NCC1(c2ccccc2)CCOCC1. The van der Waals surface area contributed by atoms with E-state index in [0.717, 1.165) is 18.4 Å². The number of benzene rings is 2. The third-order valence-electron chi connectivity index (χ3n) is 4.71. The molecule has 134 valence electrons. The van der Waals surface area contributed by atoms with Gasteiger partial charge in [-0.1, -0.05) is 54.1 Å². The van der Waals surface area contributed by atoms with Crippen molar-refractivity contribution in [2.24, 2.45) is 0 Å². The molecule has 0 atom stereocenters. The van der Waals surface area contributed by atoms with Gasteiger partial charge in [-0.3, -0.25) is 0 Å². The van der Waals surface area contributed by atoms with E-state index in [1.54, 1.807) is 24.3 Å². The molecular formula is C19H22ClNO3S. The predicted octanol–water partition coefficient (Wildman–Crippen LogP) is 3.51. The molecule has 1 fully saturated rings. The van der Waals surface area contributed by atoms with Gasteiger partial charge >= 0.3 is 0 Å². The van der Waals surface area contributed by atoms with Crippen molar-refractivity contribution in [2.45, 2.75) is 24.0 Å². The molecule has 25 heavy (non-hydrogen) atoms. The number of hydrogen-bond donors (Lipinski definition) is 1. The normalized spacial score (nSPS) is 17.3. The summed E-state index contributed by atoms with van der Waals surface area (Å²) in [4.78, 5) is 0. The quantitative estimate of drug-likeness (QED) is 0.835. The van der Waals surface area contributed by atoms with Crippen molar-refractivity contribution in [1.82, 2.24) is 4.72 Å². The molecular weight excluding hydrogens is 358 g/mol. The lowest BCUT2D eigenvalue weighted by Gasteiger charge is -2.37. The van der Waals surface area contributed by atoms with Crippen LogP contribution in [0.2, 0.25) is 5.02 Å².